The van der Waals surface area contributed by atoms with Crippen LogP contribution in [0.25, 0.3) is 0 Å². The summed E-state index contributed by atoms with van der Waals surface area (Å²) in [5.41, 5.74) is 0.787. The molecule has 0 aromatic heterocycles. The Morgan fingerprint density at radius 3 is 1.81 bits per heavy atom. The van der Waals surface area contributed by atoms with Gasteiger partial charge in [0.25, 0.3) is 0 Å². The third-order valence-electron chi connectivity index (χ3n) is 3.27. The summed E-state index contributed by atoms with van der Waals surface area (Å²) in [6, 6.07) is 0. The molecule has 9 heteroatoms. The molecule has 0 rings (SSSR count). The van der Waals surface area contributed by atoms with E-state index in [1.807, 2.05) is 0 Å². The lowest BCUT2D eigenvalue weighted by Gasteiger charge is -2.16. The number of aliphatic hydroxyl groups excluding tert-OH is 3. The van der Waals surface area contributed by atoms with E-state index < -0.39 is 18.3 Å². The van der Waals surface area contributed by atoms with Gasteiger partial charge in [0.1, 0.15) is 6.10 Å². The number of ketones is 1. The van der Waals surface area contributed by atoms with Crippen molar-refractivity contribution in [3.8, 4) is 0 Å². The van der Waals surface area contributed by atoms with Gasteiger partial charge in [0.15, 0.2) is 5.78 Å². The van der Waals surface area contributed by atoms with Gasteiger partial charge in [-0.1, -0.05) is 13.2 Å². The predicted octanol–water partition coefficient (Wildman–Crippen LogP) is -1.47. The predicted molar refractivity (Wildman–Crippen MR) is 100 cm³/mol. The number of ether oxygens (including phenoxy) is 2. The van der Waals surface area contributed by atoms with Crippen molar-refractivity contribution >= 4 is 11.7 Å². The molecule has 3 unspecified atom stereocenters. The Morgan fingerprint density at radius 2 is 1.33 bits per heavy atom. The van der Waals surface area contributed by atoms with Crippen LogP contribution in [0.3, 0.4) is 0 Å². The molecule has 0 aliphatic rings. The fraction of sp³-hybridized carbons (Fsp3) is 0.667. The number of rotatable bonds is 16. The molecular weight excluding hydrogens is 356 g/mol. The lowest BCUT2D eigenvalue weighted by atomic mass is 10.2. The molecule has 0 spiro atoms. The Kier molecular flexibility index (Phi) is 13.6. The molecule has 1 amide bonds. The molecule has 0 heterocycles. The first kappa shape index (κ1) is 25.4. The summed E-state index contributed by atoms with van der Waals surface area (Å²) in [4.78, 5) is 22.6. The first-order chi connectivity index (χ1) is 12.6. The van der Waals surface area contributed by atoms with Crippen LogP contribution in [-0.2, 0) is 19.1 Å². The third kappa shape index (κ3) is 14.1. The molecule has 3 atom stereocenters. The number of nitrogens with one attached hydrogen (secondary N) is 2. The average molecular weight is 388 g/mol. The van der Waals surface area contributed by atoms with E-state index in [1.165, 1.54) is 0 Å². The van der Waals surface area contributed by atoms with Gasteiger partial charge in [-0.25, -0.2) is 0 Å². The van der Waals surface area contributed by atoms with Crippen LogP contribution in [0.4, 0.5) is 0 Å². The monoisotopic (exact) mass is 388 g/mol. The molecule has 0 fully saturated rings. The molecule has 0 aromatic carbocycles. The van der Waals surface area contributed by atoms with Crippen LogP contribution in [0.1, 0.15) is 13.8 Å². The fourth-order valence-corrected chi connectivity index (χ4v) is 1.71. The number of carbonyl (C=O) groups excluding carboxylic acids is 2. The lowest BCUT2D eigenvalue weighted by Crippen LogP contribution is -2.36. The normalized spacial score (nSPS) is 14.3. The summed E-state index contributed by atoms with van der Waals surface area (Å²) in [7, 11) is 0. The maximum absolute atomic E-state index is 11.3. The number of amides is 1. The summed E-state index contributed by atoms with van der Waals surface area (Å²) < 4.78 is 10.3. The minimum Gasteiger partial charge on any atom is -0.389 e. The molecule has 9 nitrogen and oxygen atoms in total. The maximum atomic E-state index is 11.3. The van der Waals surface area contributed by atoms with Crippen molar-refractivity contribution in [1.82, 2.24) is 10.6 Å². The molecule has 0 radical (unpaired) electrons. The summed E-state index contributed by atoms with van der Waals surface area (Å²) in [6.45, 7) is 10.3. The second-order valence-corrected chi connectivity index (χ2v) is 6.36. The SMILES string of the molecule is C=C(C)C(=O)CNCC(O)COCC(O)COCC(O)CNC(=O)C(=C)C. The number of aliphatic hydroxyl groups is 3. The largest absolute Gasteiger partial charge is 0.389 e. The van der Waals surface area contributed by atoms with E-state index in [0.29, 0.717) is 11.1 Å². The van der Waals surface area contributed by atoms with Crippen molar-refractivity contribution in [2.45, 2.75) is 32.2 Å². The molecular formula is C18H32N2O7. The second kappa shape index (κ2) is 14.4. The average Bonchev–Trinajstić information content (AvgIpc) is 2.59. The van der Waals surface area contributed by atoms with Crippen LogP contribution in [0, 0.1) is 0 Å². The number of hydrogen-bond acceptors (Lipinski definition) is 8. The third-order valence-corrected chi connectivity index (χ3v) is 3.27. The van der Waals surface area contributed by atoms with E-state index >= 15 is 0 Å². The van der Waals surface area contributed by atoms with Crippen LogP contribution < -0.4 is 10.6 Å². The van der Waals surface area contributed by atoms with Crippen LogP contribution >= 0.6 is 0 Å². The topological polar surface area (TPSA) is 137 Å². The highest BCUT2D eigenvalue weighted by atomic mass is 16.5. The van der Waals surface area contributed by atoms with E-state index in [0.717, 1.165) is 0 Å². The molecule has 0 aromatic rings. The summed E-state index contributed by atoms with van der Waals surface area (Å²) in [6.07, 6.45) is -2.65. The van der Waals surface area contributed by atoms with Crippen LogP contribution in [-0.4, -0.2) is 91.4 Å². The van der Waals surface area contributed by atoms with E-state index in [4.69, 9.17) is 9.47 Å². The fourth-order valence-electron chi connectivity index (χ4n) is 1.71. The van der Waals surface area contributed by atoms with Crippen LogP contribution in [0.5, 0.6) is 0 Å². The van der Waals surface area contributed by atoms with Crippen molar-refractivity contribution in [1.29, 1.82) is 0 Å². The quantitative estimate of drug-likeness (QED) is 0.202. The molecule has 0 aliphatic heterocycles. The first-order valence-electron chi connectivity index (χ1n) is 8.66. The minimum absolute atomic E-state index is 0.0130. The van der Waals surface area contributed by atoms with Crippen LogP contribution in [0.15, 0.2) is 24.3 Å². The lowest BCUT2D eigenvalue weighted by molar-refractivity contribution is -0.118. The van der Waals surface area contributed by atoms with Gasteiger partial charge in [-0.05, 0) is 19.4 Å². The second-order valence-electron chi connectivity index (χ2n) is 6.36. The summed E-state index contributed by atoms with van der Waals surface area (Å²) in [5, 5.41) is 34.3. The Balaban J connectivity index is 3.69. The van der Waals surface area contributed by atoms with Crippen molar-refractivity contribution in [2.75, 3.05) is 46.1 Å². The Labute approximate surface area is 160 Å². The van der Waals surface area contributed by atoms with Gasteiger partial charge in [-0.3, -0.25) is 9.59 Å². The number of hydrogen-bond donors (Lipinski definition) is 5. The number of carbonyl (C=O) groups is 2. The highest BCUT2D eigenvalue weighted by Crippen LogP contribution is 1.94. The van der Waals surface area contributed by atoms with Crippen molar-refractivity contribution in [3.05, 3.63) is 24.3 Å². The van der Waals surface area contributed by atoms with Gasteiger partial charge in [0.05, 0.1) is 45.2 Å². The maximum Gasteiger partial charge on any atom is 0.246 e. The van der Waals surface area contributed by atoms with Gasteiger partial charge in [0.2, 0.25) is 5.91 Å². The Bertz CT molecular complexity index is 496. The highest BCUT2D eigenvalue weighted by molar-refractivity contribution is 5.95. The molecule has 27 heavy (non-hydrogen) atoms. The van der Waals surface area contributed by atoms with Crippen molar-refractivity contribution < 1.29 is 34.4 Å². The Morgan fingerprint density at radius 1 is 0.852 bits per heavy atom. The summed E-state index contributed by atoms with van der Waals surface area (Å²) >= 11 is 0. The number of Topliss-reactive ketones (excluding diaryl/α,β-unsaturated/α-hetero) is 1. The Hall–Kier alpha value is -1.62. The van der Waals surface area contributed by atoms with E-state index in [2.05, 4.69) is 23.8 Å². The molecule has 0 saturated carbocycles. The molecule has 0 saturated heterocycles. The molecule has 5 N–H and O–H groups in total. The minimum atomic E-state index is -0.924. The molecule has 0 bridgehead atoms. The summed E-state index contributed by atoms with van der Waals surface area (Å²) in [5.74, 6) is -0.475. The zero-order chi connectivity index (χ0) is 20.8. The van der Waals surface area contributed by atoms with E-state index in [-0.39, 0.29) is 57.8 Å². The molecule has 156 valence electrons. The first-order valence-corrected chi connectivity index (χ1v) is 8.66. The van der Waals surface area contributed by atoms with E-state index in [1.54, 1.807) is 13.8 Å². The van der Waals surface area contributed by atoms with Gasteiger partial charge in [0, 0.05) is 18.7 Å². The zero-order valence-electron chi connectivity index (χ0n) is 16.1. The van der Waals surface area contributed by atoms with Crippen molar-refractivity contribution in [3.63, 3.8) is 0 Å². The highest BCUT2D eigenvalue weighted by Gasteiger charge is 2.11. The van der Waals surface area contributed by atoms with Gasteiger partial charge < -0.3 is 35.4 Å². The van der Waals surface area contributed by atoms with E-state index in [9.17, 15) is 24.9 Å². The zero-order valence-corrected chi connectivity index (χ0v) is 16.1. The van der Waals surface area contributed by atoms with Crippen molar-refractivity contribution in [2.24, 2.45) is 0 Å². The molecule has 0 aliphatic carbocycles. The van der Waals surface area contributed by atoms with Gasteiger partial charge in [-0.15, -0.1) is 0 Å². The van der Waals surface area contributed by atoms with Crippen LogP contribution in [0.2, 0.25) is 0 Å². The standard InChI is InChI=1S/C18H32N2O7/c1-12(2)17(24)7-19-5-14(21)8-26-10-16(23)11-27-9-15(22)6-20-18(25)13(3)4/h14-16,19,21-23H,1,3,5-11H2,2,4H3,(H,20,25). The smallest absolute Gasteiger partial charge is 0.246 e. The van der Waals surface area contributed by atoms with Gasteiger partial charge >= 0.3 is 0 Å². The van der Waals surface area contributed by atoms with Gasteiger partial charge in [-0.2, -0.15) is 0 Å².